The molecule has 6 nitrogen and oxygen atoms in total. The smallest absolute Gasteiger partial charge is 0.405 e. The van der Waals surface area contributed by atoms with Gasteiger partial charge < -0.3 is 20.6 Å². The van der Waals surface area contributed by atoms with Gasteiger partial charge >= 0.3 is 6.09 Å². The Hall–Kier alpha value is -1.30. The van der Waals surface area contributed by atoms with Gasteiger partial charge in [0.25, 0.3) is 0 Å². The molecule has 0 saturated carbocycles. The summed E-state index contributed by atoms with van der Waals surface area (Å²) in [6.07, 6.45) is -1.18. The summed E-state index contributed by atoms with van der Waals surface area (Å²) < 4.78 is 0. The second-order valence-corrected chi connectivity index (χ2v) is 5.59. The van der Waals surface area contributed by atoms with Crippen molar-refractivity contribution in [2.45, 2.75) is 38.8 Å². The topological polar surface area (TPSA) is 81.7 Å². The maximum atomic E-state index is 12.2. The molecule has 1 heterocycles. The summed E-state index contributed by atoms with van der Waals surface area (Å²) in [4.78, 5) is 24.6. The molecule has 0 radical (unpaired) electrons. The van der Waals surface area contributed by atoms with Crippen molar-refractivity contribution in [3.8, 4) is 0 Å². The molecule has 1 fully saturated rings. The third-order valence-corrected chi connectivity index (χ3v) is 2.81. The van der Waals surface area contributed by atoms with Crippen LogP contribution in [0.25, 0.3) is 0 Å². The average Bonchev–Trinajstić information content (AvgIpc) is 2.12. The first-order valence-corrected chi connectivity index (χ1v) is 5.70. The normalized spacial score (nSPS) is 19.9. The first kappa shape index (κ1) is 13.8. The number of nitrogens with one attached hydrogen (secondary N) is 2. The number of hydrogen-bond acceptors (Lipinski definition) is 3. The highest BCUT2D eigenvalue weighted by Crippen LogP contribution is 2.15. The lowest BCUT2D eigenvalue weighted by atomic mass is 9.98. The van der Waals surface area contributed by atoms with Crippen molar-refractivity contribution in [3.63, 3.8) is 0 Å². The van der Waals surface area contributed by atoms with E-state index in [1.165, 1.54) is 0 Å². The lowest BCUT2D eigenvalue weighted by molar-refractivity contribution is -0.138. The molecule has 1 aliphatic rings. The van der Waals surface area contributed by atoms with Gasteiger partial charge in [0.15, 0.2) is 0 Å². The van der Waals surface area contributed by atoms with Crippen molar-refractivity contribution >= 4 is 12.0 Å². The van der Waals surface area contributed by atoms with Crippen molar-refractivity contribution in [1.82, 2.24) is 15.5 Å². The molecule has 3 N–H and O–H groups in total. The van der Waals surface area contributed by atoms with Gasteiger partial charge in [-0.3, -0.25) is 4.79 Å². The molecule has 0 spiro atoms. The molecule has 2 amide bonds. The Morgan fingerprint density at radius 1 is 1.41 bits per heavy atom. The SMILES string of the molecule is CC1(C)CN(C(=O)C(C)(C)NC(=O)O)CCN1. The van der Waals surface area contributed by atoms with Crippen LogP contribution in [-0.4, -0.2) is 52.7 Å². The first-order chi connectivity index (χ1) is 7.64. The van der Waals surface area contributed by atoms with Crippen LogP contribution in [0.4, 0.5) is 4.79 Å². The van der Waals surface area contributed by atoms with Gasteiger partial charge in [-0.25, -0.2) is 4.79 Å². The second kappa shape index (κ2) is 4.52. The van der Waals surface area contributed by atoms with Crippen LogP contribution in [0, 0.1) is 0 Å². The van der Waals surface area contributed by atoms with E-state index in [1.54, 1.807) is 18.7 Å². The molecule has 1 saturated heterocycles. The maximum Gasteiger partial charge on any atom is 0.405 e. The Morgan fingerprint density at radius 2 is 2.00 bits per heavy atom. The average molecular weight is 243 g/mol. The third-order valence-electron chi connectivity index (χ3n) is 2.81. The van der Waals surface area contributed by atoms with E-state index in [4.69, 9.17) is 5.11 Å². The Labute approximate surface area is 101 Å². The number of carbonyl (C=O) groups excluding carboxylic acids is 1. The molecule has 0 aromatic heterocycles. The summed E-state index contributed by atoms with van der Waals surface area (Å²) in [5.41, 5.74) is -1.22. The summed E-state index contributed by atoms with van der Waals surface area (Å²) in [6, 6.07) is 0. The monoisotopic (exact) mass is 243 g/mol. The van der Waals surface area contributed by atoms with Crippen LogP contribution in [-0.2, 0) is 4.79 Å². The van der Waals surface area contributed by atoms with Crippen molar-refractivity contribution < 1.29 is 14.7 Å². The molecule has 0 atom stereocenters. The largest absolute Gasteiger partial charge is 0.465 e. The van der Waals surface area contributed by atoms with Crippen LogP contribution >= 0.6 is 0 Å². The zero-order chi connectivity index (χ0) is 13.3. The number of piperazine rings is 1. The fourth-order valence-electron chi connectivity index (χ4n) is 2.03. The van der Waals surface area contributed by atoms with Gasteiger partial charge in [-0.05, 0) is 27.7 Å². The minimum absolute atomic E-state index is 0.132. The van der Waals surface area contributed by atoms with Gasteiger partial charge in [0.05, 0.1) is 0 Å². The molecule has 17 heavy (non-hydrogen) atoms. The summed E-state index contributed by atoms with van der Waals surface area (Å²) in [6.45, 7) is 9.11. The molecule has 1 rings (SSSR count). The molecule has 0 bridgehead atoms. The fourth-order valence-corrected chi connectivity index (χ4v) is 2.03. The summed E-state index contributed by atoms with van der Waals surface area (Å²) >= 11 is 0. The van der Waals surface area contributed by atoms with Crippen LogP contribution in [0.1, 0.15) is 27.7 Å². The molecule has 6 heteroatoms. The van der Waals surface area contributed by atoms with E-state index < -0.39 is 11.6 Å². The van der Waals surface area contributed by atoms with Crippen LogP contribution < -0.4 is 10.6 Å². The highest BCUT2D eigenvalue weighted by Gasteiger charge is 2.37. The molecule has 1 aliphatic heterocycles. The van der Waals surface area contributed by atoms with Crippen LogP contribution in [0.15, 0.2) is 0 Å². The van der Waals surface area contributed by atoms with Gasteiger partial charge in [0, 0.05) is 25.2 Å². The van der Waals surface area contributed by atoms with E-state index >= 15 is 0 Å². The Balaban J connectivity index is 2.72. The van der Waals surface area contributed by atoms with Crippen molar-refractivity contribution in [3.05, 3.63) is 0 Å². The van der Waals surface area contributed by atoms with Gasteiger partial charge in [-0.1, -0.05) is 0 Å². The van der Waals surface area contributed by atoms with E-state index in [0.717, 1.165) is 6.54 Å². The zero-order valence-electron chi connectivity index (χ0n) is 10.8. The predicted octanol–water partition coefficient (Wildman–Crippen LogP) is 0.243. The predicted molar refractivity (Wildman–Crippen MR) is 63.9 cm³/mol. The number of carbonyl (C=O) groups is 2. The van der Waals surface area contributed by atoms with Crippen molar-refractivity contribution in [2.24, 2.45) is 0 Å². The van der Waals surface area contributed by atoms with E-state index in [1.807, 2.05) is 13.8 Å². The molecular formula is C11H21N3O3. The first-order valence-electron chi connectivity index (χ1n) is 5.70. The van der Waals surface area contributed by atoms with E-state index in [0.29, 0.717) is 13.1 Å². The van der Waals surface area contributed by atoms with Gasteiger partial charge in [0.1, 0.15) is 5.54 Å². The summed E-state index contributed by atoms with van der Waals surface area (Å²) in [5.74, 6) is -0.186. The maximum absolute atomic E-state index is 12.2. The summed E-state index contributed by atoms with van der Waals surface area (Å²) in [5, 5.41) is 14.3. The standard InChI is InChI=1S/C11H21N3O3/c1-10(2)7-14(6-5-12-10)8(15)11(3,4)13-9(16)17/h12-13H,5-7H2,1-4H3,(H,16,17). The van der Waals surface area contributed by atoms with Gasteiger partial charge in [-0.15, -0.1) is 0 Å². The van der Waals surface area contributed by atoms with E-state index in [2.05, 4.69) is 10.6 Å². The lowest BCUT2D eigenvalue weighted by Crippen LogP contribution is -2.64. The van der Waals surface area contributed by atoms with Crippen LogP contribution in [0.3, 0.4) is 0 Å². The number of nitrogens with zero attached hydrogens (tertiary/aromatic N) is 1. The van der Waals surface area contributed by atoms with Gasteiger partial charge in [-0.2, -0.15) is 0 Å². The zero-order valence-corrected chi connectivity index (χ0v) is 10.8. The number of carboxylic acid groups (broad SMARTS) is 1. The fraction of sp³-hybridized carbons (Fsp3) is 0.818. The molecular weight excluding hydrogens is 222 g/mol. The molecule has 98 valence electrons. The van der Waals surface area contributed by atoms with Crippen LogP contribution in [0.2, 0.25) is 0 Å². The van der Waals surface area contributed by atoms with Crippen LogP contribution in [0.5, 0.6) is 0 Å². The minimum Gasteiger partial charge on any atom is -0.465 e. The third kappa shape index (κ3) is 3.59. The Morgan fingerprint density at radius 3 is 2.47 bits per heavy atom. The minimum atomic E-state index is -1.18. The van der Waals surface area contributed by atoms with Crippen molar-refractivity contribution in [2.75, 3.05) is 19.6 Å². The molecule has 0 aromatic rings. The second-order valence-electron chi connectivity index (χ2n) is 5.59. The Bertz CT molecular complexity index is 326. The highest BCUT2D eigenvalue weighted by molar-refractivity contribution is 5.89. The number of rotatable bonds is 2. The van der Waals surface area contributed by atoms with Crippen molar-refractivity contribution in [1.29, 1.82) is 0 Å². The number of hydrogen-bond donors (Lipinski definition) is 3. The van der Waals surface area contributed by atoms with Gasteiger partial charge in [0.2, 0.25) is 5.91 Å². The lowest BCUT2D eigenvalue weighted by Gasteiger charge is -2.42. The van der Waals surface area contributed by atoms with E-state index in [-0.39, 0.29) is 11.4 Å². The van der Waals surface area contributed by atoms with E-state index in [9.17, 15) is 9.59 Å². The molecule has 0 aromatic carbocycles. The Kier molecular flexibility index (Phi) is 3.66. The molecule has 0 unspecified atom stereocenters. The molecule has 0 aliphatic carbocycles. The summed E-state index contributed by atoms with van der Waals surface area (Å²) in [7, 11) is 0. The quantitative estimate of drug-likeness (QED) is 0.649. The number of amides is 2. The highest BCUT2D eigenvalue weighted by atomic mass is 16.4.